The zero-order valence-corrected chi connectivity index (χ0v) is 17.1. The fourth-order valence-electron chi connectivity index (χ4n) is 2.10. The summed E-state index contributed by atoms with van der Waals surface area (Å²) >= 11 is 14.5. The molecule has 0 heterocycles. The van der Waals surface area contributed by atoms with Gasteiger partial charge in [-0.1, -0.05) is 88.0 Å². The number of aromatic hydroxyl groups is 2. The fourth-order valence-corrected chi connectivity index (χ4v) is 5.44. The molecule has 0 saturated heterocycles. The van der Waals surface area contributed by atoms with E-state index in [9.17, 15) is 10.2 Å². The van der Waals surface area contributed by atoms with Gasteiger partial charge in [-0.3, -0.25) is 0 Å². The number of rotatable bonds is 3. The molecule has 6 heteroatoms. The number of hydrogen-bond acceptors (Lipinski definition) is 2. The van der Waals surface area contributed by atoms with Crippen LogP contribution in [0.3, 0.4) is 0 Å². The molecular weight excluding hydrogens is 532 g/mol. The Morgan fingerprint density at radius 1 is 0.667 bits per heavy atom. The van der Waals surface area contributed by atoms with Gasteiger partial charge in [0.25, 0.3) is 0 Å². The Kier molecular flexibility index (Phi) is 5.45. The highest BCUT2D eigenvalue weighted by molar-refractivity contribution is 9.39. The predicted octanol–water partition coefficient (Wildman–Crippen LogP) is 5.96. The van der Waals surface area contributed by atoms with Gasteiger partial charge >= 0.3 is 0 Å². The second-order valence-corrected chi connectivity index (χ2v) is 13.3. The third-order valence-corrected chi connectivity index (χ3v) is 5.13. The first-order valence-electron chi connectivity index (χ1n) is 6.05. The largest absolute Gasteiger partial charge is 0.508 e. The van der Waals surface area contributed by atoms with Crippen LogP contribution < -0.4 is 0 Å². The lowest BCUT2D eigenvalue weighted by Crippen LogP contribution is -2.25. The van der Waals surface area contributed by atoms with E-state index in [1.807, 2.05) is 24.3 Å². The van der Waals surface area contributed by atoms with E-state index in [0.717, 1.165) is 11.1 Å². The maximum atomic E-state index is 9.49. The third-order valence-electron chi connectivity index (χ3n) is 3.09. The molecule has 0 aromatic heterocycles. The van der Waals surface area contributed by atoms with Crippen molar-refractivity contribution in [3.63, 3.8) is 0 Å². The lowest BCUT2D eigenvalue weighted by Gasteiger charge is -2.32. The number of phenols is 2. The molecule has 112 valence electrons. The Bertz CT molecular complexity index is 558. The second-order valence-electron chi connectivity index (χ2n) is 4.69. The Labute approximate surface area is 157 Å². The first-order chi connectivity index (χ1) is 9.71. The number of hydrogen-bond donors (Lipinski definition) is 2. The van der Waals surface area contributed by atoms with Crippen LogP contribution in [0.25, 0.3) is 0 Å². The average Bonchev–Trinajstić information content (AvgIpc) is 2.38. The summed E-state index contributed by atoms with van der Waals surface area (Å²) < 4.78 is -0.947. The van der Waals surface area contributed by atoms with E-state index >= 15 is 0 Å². The smallest absolute Gasteiger partial charge is 0.137 e. The molecule has 0 bridgehead atoms. The van der Waals surface area contributed by atoms with Gasteiger partial charge in [0.1, 0.15) is 13.6 Å². The predicted molar refractivity (Wildman–Crippen MR) is 100 cm³/mol. The van der Waals surface area contributed by atoms with Gasteiger partial charge in [-0.2, -0.15) is 0 Å². The van der Waals surface area contributed by atoms with Crippen LogP contribution in [0.1, 0.15) is 17.5 Å². The summed E-state index contributed by atoms with van der Waals surface area (Å²) in [6, 6.07) is 14.1. The van der Waals surface area contributed by atoms with Gasteiger partial charge in [0, 0.05) is 6.42 Å². The van der Waals surface area contributed by atoms with E-state index in [-0.39, 0.29) is 11.5 Å². The van der Waals surface area contributed by atoms with E-state index in [1.165, 1.54) is 0 Å². The molecule has 0 amide bonds. The molecule has 2 aromatic carbocycles. The van der Waals surface area contributed by atoms with Crippen molar-refractivity contribution < 1.29 is 10.2 Å². The van der Waals surface area contributed by atoms with Crippen molar-refractivity contribution >= 4 is 63.7 Å². The molecule has 0 fully saturated rings. The van der Waals surface area contributed by atoms with Gasteiger partial charge in [0.2, 0.25) is 0 Å². The molecule has 2 rings (SSSR count). The standard InChI is InChI=1S/C15H12Br4O2/c16-14(9-15(17,18)19,10-1-5-12(20)6-2-10)11-3-7-13(21)8-4-11/h1-8,20-21H,9H2. The van der Waals surface area contributed by atoms with Crippen molar-refractivity contribution in [3.05, 3.63) is 59.7 Å². The van der Waals surface area contributed by atoms with Crippen LogP contribution in [0.4, 0.5) is 0 Å². The first kappa shape index (κ1) is 17.3. The first-order valence-corrected chi connectivity index (χ1v) is 9.22. The molecule has 2 aromatic rings. The van der Waals surface area contributed by atoms with Crippen LogP contribution in [0.15, 0.2) is 48.5 Å². The molecule has 0 spiro atoms. The van der Waals surface area contributed by atoms with Gasteiger partial charge in [0.05, 0.1) is 4.32 Å². The highest BCUT2D eigenvalue weighted by Crippen LogP contribution is 2.51. The van der Waals surface area contributed by atoms with Crippen LogP contribution >= 0.6 is 63.7 Å². The number of phenolic OH excluding ortho intramolecular Hbond substituents is 2. The van der Waals surface area contributed by atoms with Crippen LogP contribution in [0.2, 0.25) is 0 Å². The molecule has 0 radical (unpaired) electrons. The maximum absolute atomic E-state index is 9.49. The van der Waals surface area contributed by atoms with E-state index in [0.29, 0.717) is 6.42 Å². The van der Waals surface area contributed by atoms with E-state index < -0.39 is 6.47 Å². The van der Waals surface area contributed by atoms with E-state index in [4.69, 9.17) is 0 Å². The van der Waals surface area contributed by atoms with Crippen LogP contribution in [0, 0.1) is 0 Å². The van der Waals surface area contributed by atoms with Gasteiger partial charge in [-0.05, 0) is 35.4 Å². The van der Waals surface area contributed by atoms with Crippen molar-refractivity contribution in [2.75, 3.05) is 0 Å². The van der Waals surface area contributed by atoms with Crippen molar-refractivity contribution in [2.24, 2.45) is 0 Å². The van der Waals surface area contributed by atoms with Gasteiger partial charge in [-0.25, -0.2) is 0 Å². The fraction of sp³-hybridized carbons (Fsp3) is 0.200. The Morgan fingerprint density at radius 2 is 1.00 bits per heavy atom. The normalized spacial score (nSPS) is 12.4. The summed E-state index contributed by atoms with van der Waals surface area (Å²) in [5.41, 5.74) is 1.99. The van der Waals surface area contributed by atoms with Gasteiger partial charge in [0.15, 0.2) is 0 Å². The lowest BCUT2D eigenvalue weighted by atomic mass is 9.88. The molecule has 0 unspecified atom stereocenters. The summed E-state index contributed by atoms with van der Waals surface area (Å²) in [5.74, 6) is 0.448. The Hall–Kier alpha value is -0.0400. The minimum absolute atomic E-state index is 0.224. The molecule has 0 saturated carbocycles. The minimum Gasteiger partial charge on any atom is -0.508 e. The van der Waals surface area contributed by atoms with E-state index in [1.54, 1.807) is 24.3 Å². The van der Waals surface area contributed by atoms with Crippen molar-refractivity contribution in [1.29, 1.82) is 0 Å². The maximum Gasteiger partial charge on any atom is 0.137 e. The molecule has 0 aliphatic carbocycles. The Balaban J connectivity index is 2.53. The van der Waals surface area contributed by atoms with Crippen LogP contribution in [-0.4, -0.2) is 12.4 Å². The zero-order valence-electron chi connectivity index (χ0n) is 10.7. The summed E-state index contributed by atoms with van der Waals surface area (Å²) in [6.45, 7) is 0. The molecule has 2 N–H and O–H groups in total. The molecule has 2 nitrogen and oxygen atoms in total. The quantitative estimate of drug-likeness (QED) is 0.469. The van der Waals surface area contributed by atoms with Crippen LogP contribution in [-0.2, 0) is 4.32 Å². The molecule has 0 aliphatic heterocycles. The lowest BCUT2D eigenvalue weighted by molar-refractivity contribution is 0.474. The number of halogens is 4. The summed E-state index contributed by atoms with van der Waals surface area (Å²) in [7, 11) is 0. The highest BCUT2D eigenvalue weighted by Gasteiger charge is 2.38. The third kappa shape index (κ3) is 4.47. The summed E-state index contributed by atoms with van der Waals surface area (Å²) in [6.07, 6.45) is 0.634. The van der Waals surface area contributed by atoms with Crippen molar-refractivity contribution in [3.8, 4) is 11.5 Å². The minimum atomic E-state index is -0.495. The van der Waals surface area contributed by atoms with Crippen molar-refractivity contribution in [2.45, 2.75) is 12.9 Å². The van der Waals surface area contributed by atoms with Gasteiger partial charge < -0.3 is 10.2 Å². The average molecular weight is 544 g/mol. The summed E-state index contributed by atoms with van der Waals surface area (Å²) in [4.78, 5) is 0. The topological polar surface area (TPSA) is 40.5 Å². The molecule has 0 aliphatic rings. The zero-order chi connectivity index (χ0) is 15.7. The highest BCUT2D eigenvalue weighted by atomic mass is 80.0. The Morgan fingerprint density at radius 3 is 1.29 bits per heavy atom. The molecular formula is C15H12Br4O2. The van der Waals surface area contributed by atoms with Crippen molar-refractivity contribution in [1.82, 2.24) is 0 Å². The van der Waals surface area contributed by atoms with Gasteiger partial charge in [-0.15, -0.1) is 0 Å². The number of benzene rings is 2. The molecule has 0 atom stereocenters. The second kappa shape index (κ2) is 6.60. The SMILES string of the molecule is Oc1ccc(C(Br)(CC(Br)(Br)Br)c2ccc(O)cc2)cc1. The summed E-state index contributed by atoms with van der Waals surface area (Å²) in [5, 5.41) is 19.0. The number of alkyl halides is 4. The van der Waals surface area contributed by atoms with E-state index in [2.05, 4.69) is 63.7 Å². The monoisotopic (exact) mass is 540 g/mol. The van der Waals surface area contributed by atoms with Crippen LogP contribution in [0.5, 0.6) is 11.5 Å². The molecule has 21 heavy (non-hydrogen) atoms.